The van der Waals surface area contributed by atoms with Gasteiger partial charge >= 0.3 is 24.3 Å². The molecule has 0 aliphatic carbocycles. The molecule has 0 saturated carbocycles. The molecule has 3 atom stereocenters. The SMILES string of the molecule is Cc1noc(C)c1CN1C[C@H](OCc2ccncc2)[C@H]2OCCC[C@H]21.O=C(O)C(F)(F)F.O=C(O)C(F)(F)F. The van der Waals surface area contributed by atoms with Crippen LogP contribution in [-0.4, -0.2) is 80.9 Å². The third-order valence-electron chi connectivity index (χ3n) is 5.82. The number of carboxylic acids is 2. The fourth-order valence-corrected chi connectivity index (χ4v) is 3.95. The molecule has 0 radical (unpaired) electrons. The number of aliphatic carboxylic acids is 2. The topological polar surface area (TPSA) is 135 Å². The molecule has 0 amide bonds. The predicted octanol–water partition coefficient (Wildman–Crippen LogP) is 3.90. The number of hydrogen-bond donors (Lipinski definition) is 2. The summed E-state index contributed by atoms with van der Waals surface area (Å²) in [6.07, 6.45) is -4.05. The lowest BCUT2D eigenvalue weighted by Crippen LogP contribution is -2.41. The number of hydrogen-bond acceptors (Lipinski definition) is 8. The second kappa shape index (κ2) is 13.7. The maximum atomic E-state index is 10.6. The number of aromatic nitrogens is 2. The van der Waals surface area contributed by atoms with Crippen molar-refractivity contribution in [2.75, 3.05) is 13.2 Å². The molecule has 0 spiro atoms. The average Bonchev–Trinajstić information content (AvgIpc) is 3.38. The van der Waals surface area contributed by atoms with Gasteiger partial charge in [-0.05, 0) is 44.4 Å². The number of alkyl halides is 6. The van der Waals surface area contributed by atoms with Gasteiger partial charge in [0.25, 0.3) is 0 Å². The van der Waals surface area contributed by atoms with E-state index in [0.717, 1.165) is 49.6 Å². The van der Waals surface area contributed by atoms with E-state index >= 15 is 0 Å². The summed E-state index contributed by atoms with van der Waals surface area (Å²) < 4.78 is 81.1. The Balaban J connectivity index is 0.000000317. The van der Waals surface area contributed by atoms with E-state index in [9.17, 15) is 26.3 Å². The number of carboxylic acid groups (broad SMARTS) is 2. The Hall–Kier alpha value is -3.24. The standard InChI is InChI=1S/C19H25N3O3.2C2HF3O2/c1-13-16(14(2)25-21-13)10-22-11-18(19-17(22)4-3-9-23-19)24-12-15-5-7-20-8-6-15;2*3-2(4,5)1(6)7/h5-8,17-19H,3-4,9-12H2,1-2H3;2*(H,6,7)/t17-,18+,19+;;/m1../s1. The van der Waals surface area contributed by atoms with E-state index in [0.29, 0.717) is 12.6 Å². The molecule has 2 aliphatic rings. The molecule has 2 saturated heterocycles. The van der Waals surface area contributed by atoms with Gasteiger partial charge in [0, 0.05) is 43.7 Å². The molecular weight excluding hydrogens is 544 g/mol. The number of nitrogens with zero attached hydrogens (tertiary/aromatic N) is 3. The Bertz CT molecular complexity index is 1030. The third kappa shape index (κ3) is 9.78. The first-order valence-electron chi connectivity index (χ1n) is 11.5. The number of fused-ring (bicyclic) bond motifs is 1. The van der Waals surface area contributed by atoms with Crippen LogP contribution in [0.2, 0.25) is 0 Å². The molecule has 16 heteroatoms. The van der Waals surface area contributed by atoms with Crippen LogP contribution in [0.4, 0.5) is 26.3 Å². The van der Waals surface area contributed by atoms with Gasteiger partial charge in [-0.2, -0.15) is 26.3 Å². The lowest BCUT2D eigenvalue weighted by molar-refractivity contribution is -0.193. The van der Waals surface area contributed by atoms with Gasteiger partial charge in [0.15, 0.2) is 0 Å². The van der Waals surface area contributed by atoms with Crippen molar-refractivity contribution in [1.29, 1.82) is 0 Å². The highest BCUT2D eigenvalue weighted by molar-refractivity contribution is 5.73. The summed E-state index contributed by atoms with van der Waals surface area (Å²) in [5.41, 5.74) is 3.32. The van der Waals surface area contributed by atoms with Gasteiger partial charge in [0.2, 0.25) is 0 Å². The van der Waals surface area contributed by atoms with E-state index in [4.69, 9.17) is 33.8 Å². The van der Waals surface area contributed by atoms with Crippen LogP contribution < -0.4 is 0 Å². The molecule has 2 aromatic rings. The van der Waals surface area contributed by atoms with Crippen molar-refractivity contribution in [3.8, 4) is 0 Å². The molecule has 2 fully saturated rings. The summed E-state index contributed by atoms with van der Waals surface area (Å²) in [5, 5.41) is 18.3. The molecule has 0 bridgehead atoms. The summed E-state index contributed by atoms with van der Waals surface area (Å²) in [7, 11) is 0. The van der Waals surface area contributed by atoms with Crippen molar-refractivity contribution in [2.24, 2.45) is 0 Å². The molecule has 0 aromatic carbocycles. The summed E-state index contributed by atoms with van der Waals surface area (Å²) in [4.78, 5) is 24.3. The average molecular weight is 571 g/mol. The van der Waals surface area contributed by atoms with E-state index in [1.54, 1.807) is 12.4 Å². The van der Waals surface area contributed by atoms with Crippen LogP contribution in [0.25, 0.3) is 0 Å². The minimum absolute atomic E-state index is 0.0962. The highest BCUT2D eigenvalue weighted by atomic mass is 19.4. The minimum Gasteiger partial charge on any atom is -0.475 e. The lowest BCUT2D eigenvalue weighted by Gasteiger charge is -2.32. The maximum absolute atomic E-state index is 10.6. The normalized spacial score (nSPS) is 21.2. The van der Waals surface area contributed by atoms with Crippen molar-refractivity contribution in [3.63, 3.8) is 0 Å². The van der Waals surface area contributed by atoms with Gasteiger partial charge < -0.3 is 24.2 Å². The minimum atomic E-state index is -5.08. The molecular formula is C23H27F6N3O7. The predicted molar refractivity (Wildman–Crippen MR) is 119 cm³/mol. The van der Waals surface area contributed by atoms with Crippen LogP contribution in [0, 0.1) is 13.8 Å². The number of rotatable bonds is 5. The van der Waals surface area contributed by atoms with Crippen molar-refractivity contribution >= 4 is 11.9 Å². The Morgan fingerprint density at radius 2 is 1.64 bits per heavy atom. The molecule has 2 N–H and O–H groups in total. The zero-order chi connectivity index (χ0) is 29.4. The van der Waals surface area contributed by atoms with E-state index in [1.165, 1.54) is 5.56 Å². The first-order chi connectivity index (χ1) is 18.1. The van der Waals surface area contributed by atoms with Gasteiger partial charge in [-0.3, -0.25) is 9.88 Å². The van der Waals surface area contributed by atoms with E-state index in [-0.39, 0.29) is 12.2 Å². The summed E-state index contributed by atoms with van der Waals surface area (Å²) in [6.45, 7) is 7.14. The molecule has 0 unspecified atom stereocenters. The largest absolute Gasteiger partial charge is 0.490 e. The quantitative estimate of drug-likeness (QED) is 0.509. The number of carbonyl (C=O) groups is 2. The Morgan fingerprint density at radius 1 is 1.08 bits per heavy atom. The van der Waals surface area contributed by atoms with Gasteiger partial charge in [-0.1, -0.05) is 5.16 Å². The van der Waals surface area contributed by atoms with E-state index in [1.807, 2.05) is 26.0 Å². The van der Waals surface area contributed by atoms with Gasteiger partial charge in [-0.15, -0.1) is 0 Å². The Morgan fingerprint density at radius 3 is 2.13 bits per heavy atom. The van der Waals surface area contributed by atoms with Crippen LogP contribution in [-0.2, 0) is 32.2 Å². The number of halogens is 6. The highest BCUT2D eigenvalue weighted by Gasteiger charge is 2.45. The molecule has 2 aromatic heterocycles. The Labute approximate surface area is 218 Å². The van der Waals surface area contributed by atoms with Crippen LogP contribution in [0.15, 0.2) is 29.0 Å². The van der Waals surface area contributed by atoms with Crippen molar-refractivity contribution < 1.29 is 60.1 Å². The monoisotopic (exact) mass is 571 g/mol. The number of pyridine rings is 1. The Kier molecular flexibility index (Phi) is 11.2. The second-order valence-electron chi connectivity index (χ2n) is 8.59. The van der Waals surface area contributed by atoms with Crippen LogP contribution in [0.5, 0.6) is 0 Å². The second-order valence-corrected chi connectivity index (χ2v) is 8.59. The van der Waals surface area contributed by atoms with Crippen molar-refractivity contribution in [3.05, 3.63) is 47.1 Å². The van der Waals surface area contributed by atoms with Crippen LogP contribution >= 0.6 is 0 Å². The zero-order valence-corrected chi connectivity index (χ0v) is 20.8. The van der Waals surface area contributed by atoms with E-state index < -0.39 is 24.3 Å². The molecule has 2 aliphatic heterocycles. The molecule has 4 rings (SSSR count). The van der Waals surface area contributed by atoms with Crippen LogP contribution in [0.3, 0.4) is 0 Å². The van der Waals surface area contributed by atoms with E-state index in [2.05, 4.69) is 15.0 Å². The van der Waals surface area contributed by atoms with Gasteiger partial charge in [0.05, 0.1) is 18.4 Å². The van der Waals surface area contributed by atoms with Crippen LogP contribution in [0.1, 0.15) is 35.4 Å². The molecule has 218 valence electrons. The lowest BCUT2D eigenvalue weighted by atomic mass is 10.0. The maximum Gasteiger partial charge on any atom is 0.490 e. The first kappa shape index (κ1) is 32.0. The number of ether oxygens (including phenoxy) is 2. The summed E-state index contributed by atoms with van der Waals surface area (Å²) in [6, 6.07) is 4.40. The first-order valence-corrected chi connectivity index (χ1v) is 11.5. The zero-order valence-electron chi connectivity index (χ0n) is 20.8. The molecule has 4 heterocycles. The smallest absolute Gasteiger partial charge is 0.475 e. The fraction of sp³-hybridized carbons (Fsp3) is 0.565. The van der Waals surface area contributed by atoms with Crippen molar-refractivity contribution in [1.82, 2.24) is 15.0 Å². The molecule has 39 heavy (non-hydrogen) atoms. The highest BCUT2D eigenvalue weighted by Crippen LogP contribution is 2.33. The summed E-state index contributed by atoms with van der Waals surface area (Å²) >= 11 is 0. The fourth-order valence-electron chi connectivity index (χ4n) is 3.95. The van der Waals surface area contributed by atoms with Gasteiger partial charge in [0.1, 0.15) is 11.9 Å². The summed E-state index contributed by atoms with van der Waals surface area (Å²) in [5.74, 6) is -4.60. The van der Waals surface area contributed by atoms with Crippen molar-refractivity contribution in [2.45, 2.75) is 70.4 Å². The number of likely N-dealkylation sites (tertiary alicyclic amines) is 1. The van der Waals surface area contributed by atoms with Gasteiger partial charge in [-0.25, -0.2) is 9.59 Å². The number of aryl methyl sites for hydroxylation is 2. The molecule has 10 nitrogen and oxygen atoms in total. The third-order valence-corrected chi connectivity index (χ3v) is 5.82.